The van der Waals surface area contributed by atoms with Crippen molar-refractivity contribution in [1.29, 1.82) is 0 Å². The van der Waals surface area contributed by atoms with Crippen LogP contribution in [0, 0.1) is 11.8 Å². The molecule has 0 amide bonds. The van der Waals surface area contributed by atoms with E-state index in [-0.39, 0.29) is 24.4 Å². The molecule has 3 N–H and O–H groups in total. The number of aliphatic carboxylic acids is 1. The maximum absolute atomic E-state index is 10.5. The molecule has 0 aromatic rings. The molecule has 25 heavy (non-hydrogen) atoms. The van der Waals surface area contributed by atoms with E-state index in [1.54, 1.807) is 6.08 Å². The van der Waals surface area contributed by atoms with Gasteiger partial charge in [0.05, 0.1) is 18.0 Å². The zero-order chi connectivity index (χ0) is 18.2. The lowest BCUT2D eigenvalue weighted by molar-refractivity contribution is -0.137. The smallest absolute Gasteiger partial charge is 0.303 e. The highest BCUT2D eigenvalue weighted by Gasteiger charge is 2.46. The average Bonchev–Trinajstić information content (AvgIpc) is 3.06. The van der Waals surface area contributed by atoms with Crippen LogP contribution in [-0.2, 0) is 9.53 Å². The molecule has 2 fully saturated rings. The number of hydrogen-bond donors (Lipinski definition) is 3. The number of rotatable bonds is 9. The first-order chi connectivity index (χ1) is 12.0. The van der Waals surface area contributed by atoms with E-state index in [0.29, 0.717) is 25.7 Å². The minimum Gasteiger partial charge on any atom is -0.495 e. The van der Waals surface area contributed by atoms with Gasteiger partial charge < -0.3 is 20.1 Å². The van der Waals surface area contributed by atoms with Gasteiger partial charge in [0.1, 0.15) is 6.10 Å². The third-order valence-electron chi connectivity index (χ3n) is 4.93. The molecule has 0 radical (unpaired) electrons. The molecule has 5 nitrogen and oxygen atoms in total. The van der Waals surface area contributed by atoms with Crippen LogP contribution in [0.25, 0.3) is 0 Å². The molecule has 140 valence electrons. The molecule has 0 unspecified atom stereocenters. The Labute approximate surface area is 149 Å². The van der Waals surface area contributed by atoms with Gasteiger partial charge in [-0.1, -0.05) is 31.2 Å². The fraction of sp³-hybridized carbons (Fsp3) is 0.650. The molecule has 0 aromatic carbocycles. The lowest BCUT2D eigenvalue weighted by Crippen LogP contribution is -2.17. The molecular formula is C20H30O5. The highest BCUT2D eigenvalue weighted by Crippen LogP contribution is 2.45. The van der Waals surface area contributed by atoms with Gasteiger partial charge in [0.25, 0.3) is 0 Å². The average molecular weight is 350 g/mol. The zero-order valence-electron chi connectivity index (χ0n) is 14.9. The molecule has 1 aliphatic heterocycles. The number of aliphatic hydroxyl groups excluding tert-OH is 2. The van der Waals surface area contributed by atoms with E-state index in [2.05, 4.69) is 6.92 Å². The summed E-state index contributed by atoms with van der Waals surface area (Å²) in [7, 11) is 0. The highest BCUT2D eigenvalue weighted by molar-refractivity contribution is 5.66. The topological polar surface area (TPSA) is 87.0 Å². The summed E-state index contributed by atoms with van der Waals surface area (Å²) in [5.41, 5.74) is 0. The normalized spacial score (nSPS) is 31.7. The van der Waals surface area contributed by atoms with E-state index < -0.39 is 18.2 Å². The molecule has 1 saturated carbocycles. The molecule has 0 spiro atoms. The molecule has 2 rings (SSSR count). The summed E-state index contributed by atoms with van der Waals surface area (Å²) in [6, 6.07) is 0. The fourth-order valence-corrected chi connectivity index (χ4v) is 3.64. The number of carboxylic acid groups (broad SMARTS) is 1. The SMILES string of the molecule is CC/C=C/C[C@H](O)/C=C\[C@@H]1[C@H]2C/C(=C/CCCC(=O)O)O[C@H]2C[C@H]1O. The first-order valence-corrected chi connectivity index (χ1v) is 9.28. The summed E-state index contributed by atoms with van der Waals surface area (Å²) in [5, 5.41) is 28.9. The second-order valence-corrected chi connectivity index (χ2v) is 6.93. The van der Waals surface area contributed by atoms with Gasteiger partial charge in [0.2, 0.25) is 0 Å². The monoisotopic (exact) mass is 350 g/mol. The molecule has 0 aromatic heterocycles. The van der Waals surface area contributed by atoms with Gasteiger partial charge in [-0.05, 0) is 31.8 Å². The molecule has 2 aliphatic rings. The molecule has 1 heterocycles. The van der Waals surface area contributed by atoms with Gasteiger partial charge in [-0.25, -0.2) is 0 Å². The Kier molecular flexibility index (Phi) is 7.72. The Morgan fingerprint density at radius 2 is 2.20 bits per heavy atom. The molecule has 1 saturated heterocycles. The highest BCUT2D eigenvalue weighted by atomic mass is 16.5. The molecule has 1 aliphatic carbocycles. The summed E-state index contributed by atoms with van der Waals surface area (Å²) in [5.74, 6) is 0.371. The summed E-state index contributed by atoms with van der Waals surface area (Å²) in [6.45, 7) is 2.06. The summed E-state index contributed by atoms with van der Waals surface area (Å²) in [6.07, 6.45) is 13.2. The van der Waals surface area contributed by atoms with Gasteiger partial charge in [-0.15, -0.1) is 0 Å². The number of carbonyl (C=O) groups is 1. The van der Waals surface area contributed by atoms with Crippen molar-refractivity contribution in [3.63, 3.8) is 0 Å². The van der Waals surface area contributed by atoms with Crippen LogP contribution in [0.1, 0.15) is 51.9 Å². The molecular weight excluding hydrogens is 320 g/mol. The Balaban J connectivity index is 1.86. The van der Waals surface area contributed by atoms with E-state index in [1.807, 2.05) is 24.3 Å². The number of ether oxygens (including phenoxy) is 1. The maximum atomic E-state index is 10.5. The summed E-state index contributed by atoms with van der Waals surface area (Å²) in [4.78, 5) is 10.5. The Bertz CT molecular complexity index is 522. The number of fused-ring (bicyclic) bond motifs is 1. The summed E-state index contributed by atoms with van der Waals surface area (Å²) >= 11 is 0. The third kappa shape index (κ3) is 6.01. The van der Waals surface area contributed by atoms with Crippen molar-refractivity contribution in [2.75, 3.05) is 0 Å². The van der Waals surface area contributed by atoms with Gasteiger partial charge >= 0.3 is 5.97 Å². The fourth-order valence-electron chi connectivity index (χ4n) is 3.64. The van der Waals surface area contributed by atoms with Crippen LogP contribution in [0.2, 0.25) is 0 Å². The van der Waals surface area contributed by atoms with Crippen LogP contribution in [0.15, 0.2) is 36.1 Å². The lowest BCUT2D eigenvalue weighted by Gasteiger charge is -2.15. The predicted molar refractivity (Wildman–Crippen MR) is 95.9 cm³/mol. The molecule has 0 bridgehead atoms. The standard InChI is InChI=1S/C20H30O5/c1-2-3-4-7-14(21)10-11-16-17-12-15(8-5-6-9-20(23)24)25-19(17)13-18(16)22/h3-4,8,10-11,14,16-19,21-22H,2,5-7,9,12-13H2,1H3,(H,23,24)/b4-3+,11-10-,15-8-/t14-,16+,17+,18+,19-/m0/s1. The van der Waals surface area contributed by atoms with E-state index in [9.17, 15) is 15.0 Å². The minimum atomic E-state index is -0.775. The van der Waals surface area contributed by atoms with E-state index >= 15 is 0 Å². The summed E-state index contributed by atoms with van der Waals surface area (Å²) < 4.78 is 5.93. The Morgan fingerprint density at radius 1 is 1.40 bits per heavy atom. The van der Waals surface area contributed by atoms with Crippen molar-refractivity contribution in [1.82, 2.24) is 0 Å². The first-order valence-electron chi connectivity index (χ1n) is 9.28. The van der Waals surface area contributed by atoms with Crippen LogP contribution in [0.4, 0.5) is 0 Å². The first kappa shape index (κ1) is 19.7. The van der Waals surface area contributed by atoms with Crippen LogP contribution < -0.4 is 0 Å². The van der Waals surface area contributed by atoms with Gasteiger partial charge in [0.15, 0.2) is 0 Å². The number of hydrogen-bond acceptors (Lipinski definition) is 4. The van der Waals surface area contributed by atoms with E-state index in [4.69, 9.17) is 9.84 Å². The van der Waals surface area contributed by atoms with Crippen LogP contribution in [0.3, 0.4) is 0 Å². The van der Waals surface area contributed by atoms with Crippen LogP contribution in [0.5, 0.6) is 0 Å². The van der Waals surface area contributed by atoms with Gasteiger partial charge in [0, 0.05) is 31.1 Å². The molecule has 5 heteroatoms. The quantitative estimate of drug-likeness (QED) is 0.439. The number of aliphatic hydroxyl groups is 2. The second-order valence-electron chi connectivity index (χ2n) is 6.93. The zero-order valence-corrected chi connectivity index (χ0v) is 14.9. The van der Waals surface area contributed by atoms with Gasteiger partial charge in [-0.3, -0.25) is 4.79 Å². The van der Waals surface area contributed by atoms with Crippen LogP contribution >= 0.6 is 0 Å². The third-order valence-corrected chi connectivity index (χ3v) is 4.93. The van der Waals surface area contributed by atoms with Crippen LogP contribution in [-0.4, -0.2) is 39.6 Å². The Hall–Kier alpha value is -1.59. The number of unbranched alkanes of at least 4 members (excludes halogenated alkanes) is 1. The predicted octanol–water partition coefficient (Wildman–Crippen LogP) is 3.18. The number of carboxylic acids is 1. The van der Waals surface area contributed by atoms with Crippen molar-refractivity contribution in [3.8, 4) is 0 Å². The van der Waals surface area contributed by atoms with Crippen molar-refractivity contribution in [3.05, 3.63) is 36.1 Å². The minimum absolute atomic E-state index is 0.000255. The maximum Gasteiger partial charge on any atom is 0.303 e. The largest absolute Gasteiger partial charge is 0.495 e. The van der Waals surface area contributed by atoms with Crippen molar-refractivity contribution in [2.24, 2.45) is 11.8 Å². The van der Waals surface area contributed by atoms with Crippen molar-refractivity contribution < 1.29 is 24.9 Å². The second kappa shape index (κ2) is 9.78. The van der Waals surface area contributed by atoms with E-state index in [1.165, 1.54) is 0 Å². The molecule has 5 atom stereocenters. The van der Waals surface area contributed by atoms with E-state index in [0.717, 1.165) is 18.6 Å². The van der Waals surface area contributed by atoms with Gasteiger partial charge in [-0.2, -0.15) is 0 Å². The number of allylic oxidation sites excluding steroid dienone is 3. The van der Waals surface area contributed by atoms with Crippen molar-refractivity contribution >= 4 is 5.97 Å². The Morgan fingerprint density at radius 3 is 2.92 bits per heavy atom. The van der Waals surface area contributed by atoms with Crippen molar-refractivity contribution in [2.45, 2.75) is 70.2 Å². The lowest BCUT2D eigenvalue weighted by atomic mass is 9.90.